The number of hydrogen-bond acceptors (Lipinski definition) is 5. The Balaban J connectivity index is 1.41. The van der Waals surface area contributed by atoms with Crippen LogP contribution in [0.3, 0.4) is 0 Å². The largest absolute Gasteiger partial charge is 0.445 e. The third kappa shape index (κ3) is 6.35. The van der Waals surface area contributed by atoms with Crippen LogP contribution in [0.5, 0.6) is 0 Å². The highest BCUT2D eigenvalue weighted by Crippen LogP contribution is 2.33. The minimum absolute atomic E-state index is 0.106. The zero-order valence-electron chi connectivity index (χ0n) is 19.2. The average molecular weight is 465 g/mol. The maximum atomic E-state index is 13.3. The molecule has 0 spiro atoms. The summed E-state index contributed by atoms with van der Waals surface area (Å²) in [5, 5.41) is 5.69. The molecule has 1 saturated carbocycles. The fourth-order valence-electron chi connectivity index (χ4n) is 4.33. The molecule has 8 heteroatoms. The fourth-order valence-corrected chi connectivity index (χ4v) is 4.33. The maximum absolute atomic E-state index is 13.3. The second-order valence-corrected chi connectivity index (χ2v) is 9.01. The molecule has 2 aromatic rings. The first-order valence-corrected chi connectivity index (χ1v) is 11.9. The Bertz CT molecular complexity index is 1000. The van der Waals surface area contributed by atoms with Crippen LogP contribution in [-0.4, -0.2) is 41.9 Å². The van der Waals surface area contributed by atoms with Gasteiger partial charge in [0.1, 0.15) is 12.6 Å². The quantitative estimate of drug-likeness (QED) is 0.556. The molecule has 180 valence electrons. The number of anilines is 1. The molecular formula is C26H32N4O4. The zero-order valence-corrected chi connectivity index (χ0v) is 19.2. The van der Waals surface area contributed by atoms with Crippen LogP contribution >= 0.6 is 0 Å². The van der Waals surface area contributed by atoms with Gasteiger partial charge in [-0.25, -0.2) is 4.79 Å². The summed E-state index contributed by atoms with van der Waals surface area (Å²) in [6, 6.07) is 15.9. The lowest BCUT2D eigenvalue weighted by atomic mass is 9.88. The van der Waals surface area contributed by atoms with E-state index in [1.54, 1.807) is 6.07 Å². The highest BCUT2D eigenvalue weighted by atomic mass is 16.5. The van der Waals surface area contributed by atoms with Crippen molar-refractivity contribution in [2.45, 2.75) is 44.9 Å². The van der Waals surface area contributed by atoms with Gasteiger partial charge >= 0.3 is 6.09 Å². The monoisotopic (exact) mass is 464 g/mol. The summed E-state index contributed by atoms with van der Waals surface area (Å²) in [7, 11) is 0. The van der Waals surface area contributed by atoms with Gasteiger partial charge in [0.05, 0.1) is 0 Å². The maximum Gasteiger partial charge on any atom is 0.408 e. The van der Waals surface area contributed by atoms with Gasteiger partial charge in [0, 0.05) is 31.2 Å². The number of carbonyl (C=O) groups is 3. The van der Waals surface area contributed by atoms with Gasteiger partial charge < -0.3 is 26.0 Å². The number of piperidine rings is 1. The molecule has 1 aliphatic heterocycles. The van der Waals surface area contributed by atoms with Gasteiger partial charge in [-0.3, -0.25) is 9.59 Å². The normalized spacial score (nSPS) is 17.0. The minimum atomic E-state index is -0.775. The molecule has 0 bridgehead atoms. The summed E-state index contributed by atoms with van der Waals surface area (Å²) in [5.41, 5.74) is 8.11. The molecule has 0 radical (unpaired) electrons. The van der Waals surface area contributed by atoms with E-state index in [-0.39, 0.29) is 30.3 Å². The lowest BCUT2D eigenvalue weighted by molar-refractivity contribution is -0.134. The van der Waals surface area contributed by atoms with E-state index in [4.69, 9.17) is 10.5 Å². The molecule has 1 aliphatic carbocycles. The number of ether oxygens (including phenoxy) is 1. The minimum Gasteiger partial charge on any atom is -0.445 e. The number of likely N-dealkylation sites (tertiary alicyclic amines) is 1. The van der Waals surface area contributed by atoms with Crippen molar-refractivity contribution in [3.63, 3.8) is 0 Å². The van der Waals surface area contributed by atoms with Gasteiger partial charge in [0.25, 0.3) is 0 Å². The lowest BCUT2D eigenvalue weighted by Crippen LogP contribution is -2.52. The first kappa shape index (κ1) is 23.8. The lowest BCUT2D eigenvalue weighted by Gasteiger charge is -2.35. The van der Waals surface area contributed by atoms with E-state index in [0.29, 0.717) is 38.2 Å². The first-order valence-electron chi connectivity index (χ1n) is 11.9. The molecule has 4 N–H and O–H groups in total. The molecular weight excluding hydrogens is 432 g/mol. The average Bonchev–Trinajstić information content (AvgIpc) is 3.72. The van der Waals surface area contributed by atoms with Gasteiger partial charge in [-0.2, -0.15) is 0 Å². The fraction of sp³-hybridized carbons (Fsp3) is 0.423. The first-order chi connectivity index (χ1) is 16.5. The number of benzene rings is 2. The zero-order chi connectivity index (χ0) is 23.9. The standard InChI is InChI=1S/C26H32N4O4/c27-16-19-7-4-8-22(15-19)28-24(31)23(29-26(33)34-17-18-5-2-1-3-6-18)20-11-13-30(14-12-20)25(32)21-9-10-21/h1-8,15,20-21,23H,9-14,16-17,27H2,(H,28,31)(H,29,33)/t23-/m0/s1. The van der Waals surface area contributed by atoms with Crippen LogP contribution in [0.2, 0.25) is 0 Å². The number of carbonyl (C=O) groups excluding carboxylic acids is 3. The van der Waals surface area contributed by atoms with Gasteiger partial charge in [0.2, 0.25) is 11.8 Å². The van der Waals surface area contributed by atoms with E-state index in [9.17, 15) is 14.4 Å². The Morgan fingerprint density at radius 1 is 0.971 bits per heavy atom. The summed E-state index contributed by atoms with van der Waals surface area (Å²) in [5.74, 6) is -0.0205. The Kier molecular flexibility index (Phi) is 7.80. The van der Waals surface area contributed by atoms with Crippen LogP contribution in [0.4, 0.5) is 10.5 Å². The van der Waals surface area contributed by atoms with E-state index < -0.39 is 12.1 Å². The van der Waals surface area contributed by atoms with Crippen LogP contribution < -0.4 is 16.4 Å². The van der Waals surface area contributed by atoms with Crippen molar-refractivity contribution in [3.8, 4) is 0 Å². The van der Waals surface area contributed by atoms with Crippen molar-refractivity contribution >= 4 is 23.6 Å². The van der Waals surface area contributed by atoms with Crippen LogP contribution in [0, 0.1) is 11.8 Å². The second kappa shape index (κ2) is 11.2. The Labute approximate surface area is 199 Å². The molecule has 0 aromatic heterocycles. The van der Waals surface area contributed by atoms with E-state index in [2.05, 4.69) is 10.6 Å². The van der Waals surface area contributed by atoms with E-state index in [0.717, 1.165) is 24.0 Å². The number of alkyl carbamates (subject to hydrolysis) is 1. The summed E-state index contributed by atoms with van der Waals surface area (Å²) >= 11 is 0. The number of rotatable bonds is 8. The van der Waals surface area contributed by atoms with E-state index in [1.807, 2.05) is 53.4 Å². The van der Waals surface area contributed by atoms with Crippen LogP contribution in [-0.2, 0) is 27.5 Å². The van der Waals surface area contributed by atoms with Gasteiger partial charge in [-0.15, -0.1) is 0 Å². The Morgan fingerprint density at radius 3 is 2.35 bits per heavy atom. The summed E-state index contributed by atoms with van der Waals surface area (Å²) in [6.07, 6.45) is 2.58. The Morgan fingerprint density at radius 2 is 1.68 bits per heavy atom. The molecule has 2 aromatic carbocycles. The van der Waals surface area contributed by atoms with Crippen LogP contribution in [0.25, 0.3) is 0 Å². The third-order valence-corrected chi connectivity index (χ3v) is 6.45. The molecule has 3 amide bonds. The predicted molar refractivity (Wildman–Crippen MR) is 129 cm³/mol. The molecule has 1 heterocycles. The number of amides is 3. The summed E-state index contributed by atoms with van der Waals surface area (Å²) < 4.78 is 5.37. The van der Waals surface area contributed by atoms with Crippen LogP contribution in [0.15, 0.2) is 54.6 Å². The van der Waals surface area contributed by atoms with Crippen molar-refractivity contribution in [1.82, 2.24) is 10.2 Å². The van der Waals surface area contributed by atoms with Crippen molar-refractivity contribution in [2.24, 2.45) is 17.6 Å². The highest BCUT2D eigenvalue weighted by Gasteiger charge is 2.38. The molecule has 34 heavy (non-hydrogen) atoms. The van der Waals surface area contributed by atoms with Crippen LogP contribution in [0.1, 0.15) is 36.8 Å². The Hall–Kier alpha value is -3.39. The van der Waals surface area contributed by atoms with Gasteiger partial charge in [-0.05, 0) is 54.9 Å². The molecule has 2 fully saturated rings. The number of nitrogens with one attached hydrogen (secondary N) is 2. The summed E-state index contributed by atoms with van der Waals surface area (Å²) in [4.78, 5) is 40.2. The van der Waals surface area contributed by atoms with Gasteiger partial charge in [-0.1, -0.05) is 42.5 Å². The number of hydrogen-bond donors (Lipinski definition) is 3. The van der Waals surface area contributed by atoms with Crippen molar-refractivity contribution in [1.29, 1.82) is 0 Å². The van der Waals surface area contributed by atoms with Crippen molar-refractivity contribution < 1.29 is 19.1 Å². The summed E-state index contributed by atoms with van der Waals surface area (Å²) in [6.45, 7) is 1.67. The highest BCUT2D eigenvalue weighted by molar-refractivity contribution is 5.97. The SMILES string of the molecule is NCc1cccc(NC(=O)[C@@H](NC(=O)OCc2ccccc2)C2CCN(C(=O)C3CC3)CC2)c1. The smallest absolute Gasteiger partial charge is 0.408 e. The number of nitrogens with zero attached hydrogens (tertiary/aromatic N) is 1. The van der Waals surface area contributed by atoms with E-state index in [1.165, 1.54) is 0 Å². The molecule has 8 nitrogen and oxygen atoms in total. The molecule has 2 aliphatic rings. The second-order valence-electron chi connectivity index (χ2n) is 9.01. The molecule has 1 saturated heterocycles. The predicted octanol–water partition coefficient (Wildman–Crippen LogP) is 3.03. The molecule has 4 rings (SSSR count). The molecule has 0 unspecified atom stereocenters. The third-order valence-electron chi connectivity index (χ3n) is 6.45. The van der Waals surface area contributed by atoms with Gasteiger partial charge in [0.15, 0.2) is 0 Å². The topological polar surface area (TPSA) is 114 Å². The van der Waals surface area contributed by atoms with Crippen molar-refractivity contribution in [2.75, 3.05) is 18.4 Å². The number of nitrogens with two attached hydrogens (primary N) is 1. The van der Waals surface area contributed by atoms with Crippen molar-refractivity contribution in [3.05, 3.63) is 65.7 Å². The van der Waals surface area contributed by atoms with E-state index >= 15 is 0 Å². The molecule has 1 atom stereocenters.